The lowest BCUT2D eigenvalue weighted by Crippen LogP contribution is -2.62. The van der Waals surface area contributed by atoms with E-state index in [9.17, 15) is 19.2 Å². The smallest absolute Gasteiger partial charge is 0.410 e. The van der Waals surface area contributed by atoms with Crippen LogP contribution in [0.15, 0.2) is 48.5 Å². The molecule has 234 valence electrons. The number of amides is 3. The fourth-order valence-corrected chi connectivity index (χ4v) is 4.37. The Morgan fingerprint density at radius 1 is 0.814 bits per heavy atom. The van der Waals surface area contributed by atoms with Gasteiger partial charge in [-0.3, -0.25) is 4.79 Å². The number of esters is 1. The summed E-state index contributed by atoms with van der Waals surface area (Å²) in [6, 6.07) is 13.9. The number of ether oxygens (including phenoxy) is 3. The number of nitrogens with one attached hydrogen (secondary N) is 2. The lowest BCUT2D eigenvalue weighted by atomic mass is 9.94. The van der Waals surface area contributed by atoms with Crippen molar-refractivity contribution in [1.82, 2.24) is 15.5 Å². The van der Waals surface area contributed by atoms with E-state index in [4.69, 9.17) is 14.2 Å². The minimum absolute atomic E-state index is 0.214. The molecule has 0 bridgehead atoms. The average molecular weight is 596 g/mol. The first-order valence-corrected chi connectivity index (χ1v) is 14.5. The summed E-state index contributed by atoms with van der Waals surface area (Å²) < 4.78 is 15.8. The number of carbonyl (C=O) groups is 4. The highest BCUT2D eigenvalue weighted by molar-refractivity contribution is 5.97. The second-order valence-corrected chi connectivity index (χ2v) is 13.4. The van der Waals surface area contributed by atoms with E-state index in [0.717, 1.165) is 29.5 Å². The Bertz CT molecular complexity index is 1300. The summed E-state index contributed by atoms with van der Waals surface area (Å²) in [6.07, 6.45) is 0.942. The minimum atomic E-state index is -1.22. The Morgan fingerprint density at radius 3 is 1.79 bits per heavy atom. The first-order valence-electron chi connectivity index (χ1n) is 14.5. The third-order valence-corrected chi connectivity index (χ3v) is 6.66. The van der Waals surface area contributed by atoms with Gasteiger partial charge in [0.1, 0.15) is 17.2 Å². The molecule has 0 spiro atoms. The van der Waals surface area contributed by atoms with Gasteiger partial charge in [0.05, 0.1) is 12.6 Å². The van der Waals surface area contributed by atoms with E-state index >= 15 is 0 Å². The standard InChI is InChI=1S/C33H45N3O7/c1-31(2,3)42-29(39)35-33(7,8)26(28(38)41-9)34-27(37)24-16-14-23(15-17-24)22-12-10-21(11-13-22)20-36(25-18-19-25)30(40)43-32(4,5)6/h10-17,25-26H,18-20H2,1-9H3,(H,34,37)(H,35,39). The van der Waals surface area contributed by atoms with Crippen LogP contribution in [-0.2, 0) is 25.5 Å². The fourth-order valence-electron chi connectivity index (χ4n) is 4.37. The van der Waals surface area contributed by atoms with Gasteiger partial charge in [-0.1, -0.05) is 36.4 Å². The van der Waals surface area contributed by atoms with E-state index in [-0.39, 0.29) is 12.1 Å². The molecule has 2 aromatic carbocycles. The second kappa shape index (κ2) is 13.1. The molecule has 3 rings (SSSR count). The van der Waals surface area contributed by atoms with Crippen molar-refractivity contribution in [3.63, 3.8) is 0 Å². The van der Waals surface area contributed by atoms with Gasteiger partial charge in [0.15, 0.2) is 0 Å². The summed E-state index contributed by atoms with van der Waals surface area (Å²) in [4.78, 5) is 52.6. The molecular weight excluding hydrogens is 550 g/mol. The van der Waals surface area contributed by atoms with Crippen molar-refractivity contribution in [3.8, 4) is 11.1 Å². The molecular formula is C33H45N3O7. The molecule has 43 heavy (non-hydrogen) atoms. The Balaban J connectivity index is 1.68. The monoisotopic (exact) mass is 595 g/mol. The summed E-state index contributed by atoms with van der Waals surface area (Å²) in [5.41, 5.74) is 0.666. The van der Waals surface area contributed by atoms with Crippen molar-refractivity contribution in [2.45, 2.75) is 104 Å². The predicted molar refractivity (Wildman–Crippen MR) is 163 cm³/mol. The number of carbonyl (C=O) groups excluding carboxylic acids is 4. The van der Waals surface area contributed by atoms with E-state index in [1.807, 2.05) is 57.2 Å². The summed E-state index contributed by atoms with van der Waals surface area (Å²) in [7, 11) is 1.21. The van der Waals surface area contributed by atoms with Crippen LogP contribution in [0.2, 0.25) is 0 Å². The SMILES string of the molecule is COC(=O)C(NC(=O)c1ccc(-c2ccc(CN(C(=O)OC(C)(C)C)C3CC3)cc2)cc1)C(C)(C)NC(=O)OC(C)(C)C. The maximum atomic E-state index is 13.1. The Kier molecular flexibility index (Phi) is 10.1. The maximum absolute atomic E-state index is 13.1. The van der Waals surface area contributed by atoms with Crippen LogP contribution in [0.5, 0.6) is 0 Å². The quantitative estimate of drug-likeness (QED) is 0.276. The van der Waals surface area contributed by atoms with Gasteiger partial charge >= 0.3 is 18.2 Å². The molecule has 0 aliphatic heterocycles. The van der Waals surface area contributed by atoms with Crippen LogP contribution < -0.4 is 10.6 Å². The van der Waals surface area contributed by atoms with Crippen LogP contribution in [0.25, 0.3) is 11.1 Å². The third-order valence-electron chi connectivity index (χ3n) is 6.66. The summed E-state index contributed by atoms with van der Waals surface area (Å²) >= 11 is 0. The molecule has 0 saturated heterocycles. The first kappa shape index (κ1) is 33.4. The molecule has 2 aromatic rings. The molecule has 0 aromatic heterocycles. The second-order valence-electron chi connectivity index (χ2n) is 13.4. The van der Waals surface area contributed by atoms with Crippen molar-refractivity contribution in [2.24, 2.45) is 0 Å². The number of alkyl carbamates (subject to hydrolysis) is 1. The van der Waals surface area contributed by atoms with Crippen LogP contribution in [0.1, 0.15) is 84.2 Å². The molecule has 2 N–H and O–H groups in total. The van der Waals surface area contributed by atoms with E-state index < -0.39 is 40.8 Å². The fraction of sp³-hybridized carbons (Fsp3) is 0.515. The van der Waals surface area contributed by atoms with Crippen LogP contribution >= 0.6 is 0 Å². The molecule has 10 heteroatoms. The van der Waals surface area contributed by atoms with Gasteiger partial charge in [0.2, 0.25) is 0 Å². The normalized spacial score (nSPS) is 14.3. The van der Waals surface area contributed by atoms with Crippen molar-refractivity contribution < 1.29 is 33.4 Å². The van der Waals surface area contributed by atoms with Gasteiger partial charge in [-0.05, 0) is 97.1 Å². The number of hydrogen-bond acceptors (Lipinski definition) is 7. The Hall–Kier alpha value is -4.08. The van der Waals surface area contributed by atoms with Crippen molar-refractivity contribution in [3.05, 3.63) is 59.7 Å². The Morgan fingerprint density at radius 2 is 1.33 bits per heavy atom. The zero-order valence-electron chi connectivity index (χ0n) is 26.7. The van der Waals surface area contributed by atoms with Gasteiger partial charge in [0, 0.05) is 18.2 Å². The van der Waals surface area contributed by atoms with Crippen molar-refractivity contribution in [1.29, 1.82) is 0 Å². The summed E-state index contributed by atoms with van der Waals surface area (Å²) in [5.74, 6) is -1.21. The molecule has 1 saturated carbocycles. The van der Waals surface area contributed by atoms with Crippen LogP contribution in [-0.4, -0.2) is 64.9 Å². The van der Waals surface area contributed by atoms with E-state index in [2.05, 4.69) is 10.6 Å². The molecule has 0 radical (unpaired) electrons. The van der Waals surface area contributed by atoms with Crippen molar-refractivity contribution in [2.75, 3.05) is 7.11 Å². The zero-order valence-corrected chi connectivity index (χ0v) is 26.7. The highest BCUT2D eigenvalue weighted by Gasteiger charge is 2.40. The van der Waals surface area contributed by atoms with Crippen molar-refractivity contribution >= 4 is 24.1 Å². The van der Waals surface area contributed by atoms with Crippen LogP contribution in [0.4, 0.5) is 9.59 Å². The molecule has 1 aliphatic rings. The van der Waals surface area contributed by atoms with E-state index in [0.29, 0.717) is 12.1 Å². The number of rotatable bonds is 9. The van der Waals surface area contributed by atoms with Gasteiger partial charge < -0.3 is 29.7 Å². The molecule has 0 heterocycles. The zero-order chi connectivity index (χ0) is 32.2. The molecule has 3 amide bonds. The summed E-state index contributed by atoms with van der Waals surface area (Å²) in [5, 5.41) is 5.34. The third kappa shape index (κ3) is 10.0. The Labute approximate surface area is 254 Å². The summed E-state index contributed by atoms with van der Waals surface area (Å²) in [6.45, 7) is 14.4. The first-order chi connectivity index (χ1) is 19.9. The molecule has 1 unspecified atom stereocenters. The van der Waals surface area contributed by atoms with Gasteiger partial charge in [0.25, 0.3) is 5.91 Å². The number of methoxy groups -OCH3 is 1. The number of hydrogen-bond donors (Lipinski definition) is 2. The number of nitrogens with zero attached hydrogens (tertiary/aromatic N) is 1. The highest BCUT2D eigenvalue weighted by Crippen LogP contribution is 2.30. The largest absolute Gasteiger partial charge is 0.467 e. The number of benzene rings is 2. The maximum Gasteiger partial charge on any atom is 0.410 e. The molecule has 10 nitrogen and oxygen atoms in total. The van der Waals surface area contributed by atoms with Crippen LogP contribution in [0.3, 0.4) is 0 Å². The van der Waals surface area contributed by atoms with Crippen LogP contribution in [0, 0.1) is 0 Å². The minimum Gasteiger partial charge on any atom is -0.467 e. The topological polar surface area (TPSA) is 123 Å². The van der Waals surface area contributed by atoms with Gasteiger partial charge in [-0.2, -0.15) is 0 Å². The highest BCUT2D eigenvalue weighted by atomic mass is 16.6. The van der Waals surface area contributed by atoms with Gasteiger partial charge in [-0.25, -0.2) is 14.4 Å². The molecule has 1 aliphatic carbocycles. The lowest BCUT2D eigenvalue weighted by molar-refractivity contribution is -0.144. The average Bonchev–Trinajstić information content (AvgIpc) is 3.73. The molecule has 1 fully saturated rings. The van der Waals surface area contributed by atoms with E-state index in [1.165, 1.54) is 7.11 Å². The predicted octanol–water partition coefficient (Wildman–Crippen LogP) is 5.83. The van der Waals surface area contributed by atoms with Gasteiger partial charge in [-0.15, -0.1) is 0 Å². The lowest BCUT2D eigenvalue weighted by Gasteiger charge is -2.34. The van der Waals surface area contributed by atoms with E-state index in [1.54, 1.807) is 51.7 Å². The molecule has 1 atom stereocenters.